The van der Waals surface area contributed by atoms with Gasteiger partial charge in [0.25, 0.3) is 0 Å². The van der Waals surface area contributed by atoms with E-state index in [4.69, 9.17) is 21.6 Å². The van der Waals surface area contributed by atoms with Gasteiger partial charge in [-0.3, -0.25) is 0 Å². The van der Waals surface area contributed by atoms with E-state index in [1.165, 1.54) is 16.7 Å². The molecule has 1 aromatic heterocycles. The van der Waals surface area contributed by atoms with Crippen LogP contribution in [-0.2, 0) is 5.41 Å². The van der Waals surface area contributed by atoms with Crippen LogP contribution < -0.4 is 0 Å². The molecule has 3 aromatic carbocycles. The molecule has 1 aliphatic carbocycles. The largest absolute Gasteiger partial charge is 0.246 e. The minimum absolute atomic E-state index is 0.192. The fourth-order valence-electron chi connectivity index (χ4n) is 4.04. The van der Waals surface area contributed by atoms with E-state index in [-0.39, 0.29) is 5.41 Å². The number of hydrogen-bond acceptors (Lipinski definition) is 2. The summed E-state index contributed by atoms with van der Waals surface area (Å²) in [6.45, 7) is 4.39. The third kappa shape index (κ3) is 2.56. The molecule has 0 radical (unpaired) electrons. The smallest absolute Gasteiger partial charge is 0.156 e. The number of halogens is 1. The van der Waals surface area contributed by atoms with E-state index in [1.807, 2.05) is 24.3 Å². The Morgan fingerprint density at radius 3 is 2.00 bits per heavy atom. The number of aromatic nitrogens is 2. The number of benzene rings is 3. The minimum Gasteiger partial charge on any atom is -0.246 e. The molecule has 0 saturated heterocycles. The lowest BCUT2D eigenvalue weighted by molar-refractivity contribution is 0.636. The van der Waals surface area contributed by atoms with E-state index < -0.39 is 0 Å². The molecule has 3 heteroatoms. The van der Waals surface area contributed by atoms with Crippen LogP contribution in [0.3, 0.4) is 0 Å². The molecular formula is C25H19ClN2. The van der Waals surface area contributed by atoms with Crippen molar-refractivity contribution in [1.82, 2.24) is 9.97 Å². The third-order valence-electron chi connectivity index (χ3n) is 5.57. The van der Waals surface area contributed by atoms with Gasteiger partial charge >= 0.3 is 0 Å². The van der Waals surface area contributed by atoms with E-state index in [9.17, 15) is 0 Å². The highest BCUT2D eigenvalue weighted by Crippen LogP contribution is 2.48. The molecule has 0 unspecified atom stereocenters. The normalized spacial score (nSPS) is 13.8. The summed E-state index contributed by atoms with van der Waals surface area (Å²) in [7, 11) is 0. The van der Waals surface area contributed by atoms with Crippen LogP contribution in [-0.4, -0.2) is 9.97 Å². The lowest BCUT2D eigenvalue weighted by Gasteiger charge is -2.20. The van der Waals surface area contributed by atoms with E-state index in [0.717, 1.165) is 28.2 Å². The van der Waals surface area contributed by atoms with Gasteiger partial charge in [-0.25, -0.2) is 9.97 Å². The van der Waals surface area contributed by atoms with Crippen LogP contribution in [0.5, 0.6) is 0 Å². The Morgan fingerprint density at radius 2 is 1.25 bits per heavy atom. The fourth-order valence-corrected chi connectivity index (χ4v) is 4.27. The van der Waals surface area contributed by atoms with Crippen LogP contribution in [0.15, 0.2) is 78.9 Å². The second-order valence-corrected chi connectivity index (χ2v) is 8.03. The Hall–Kier alpha value is -2.97. The predicted octanol–water partition coefficient (Wildman–Crippen LogP) is 6.77. The summed E-state index contributed by atoms with van der Waals surface area (Å²) in [6, 6.07) is 27.0. The van der Waals surface area contributed by atoms with E-state index in [1.54, 1.807) is 0 Å². The molecule has 1 aliphatic rings. The summed E-state index contributed by atoms with van der Waals surface area (Å²) in [4.78, 5) is 9.75. The van der Waals surface area contributed by atoms with Crippen LogP contribution in [0.4, 0.5) is 0 Å². The van der Waals surface area contributed by atoms with Crippen LogP contribution in [0, 0.1) is 0 Å². The second kappa shape index (κ2) is 6.29. The first-order valence-electron chi connectivity index (χ1n) is 9.39. The zero-order valence-corrected chi connectivity index (χ0v) is 16.5. The van der Waals surface area contributed by atoms with Crippen LogP contribution >= 0.6 is 11.6 Å². The molecule has 1 heterocycles. The molecular weight excluding hydrogens is 364 g/mol. The van der Waals surface area contributed by atoms with Crippen molar-refractivity contribution in [2.24, 2.45) is 0 Å². The van der Waals surface area contributed by atoms with Gasteiger partial charge < -0.3 is 0 Å². The summed E-state index contributed by atoms with van der Waals surface area (Å²) in [5, 5.41) is 0.443. The van der Waals surface area contributed by atoms with Crippen molar-refractivity contribution >= 4 is 11.6 Å². The van der Waals surface area contributed by atoms with Crippen molar-refractivity contribution in [3.05, 3.63) is 95.3 Å². The topological polar surface area (TPSA) is 25.8 Å². The van der Waals surface area contributed by atoms with E-state index >= 15 is 0 Å². The summed E-state index contributed by atoms with van der Waals surface area (Å²) in [5.41, 5.74) is 8.14. The van der Waals surface area contributed by atoms with Crippen molar-refractivity contribution in [2.75, 3.05) is 0 Å². The third-order valence-corrected chi connectivity index (χ3v) is 5.83. The Kier molecular flexibility index (Phi) is 3.85. The van der Waals surface area contributed by atoms with Crippen molar-refractivity contribution < 1.29 is 0 Å². The SMILES string of the molecule is CC1(C)c2ccccc2-c2nc(Cl)c(-c3ccc(-c4ccccc4)cc3)nc21. The van der Waals surface area contributed by atoms with Gasteiger partial charge in [-0.15, -0.1) is 0 Å². The van der Waals surface area contributed by atoms with Gasteiger partial charge in [0.1, 0.15) is 5.69 Å². The quantitative estimate of drug-likeness (QED) is 0.382. The molecule has 0 N–H and O–H groups in total. The molecule has 28 heavy (non-hydrogen) atoms. The maximum atomic E-state index is 6.59. The molecule has 5 rings (SSSR count). The summed E-state index contributed by atoms with van der Waals surface area (Å²) in [5.74, 6) is 0. The zero-order chi connectivity index (χ0) is 19.3. The molecule has 0 spiro atoms. The molecule has 136 valence electrons. The summed E-state index contributed by atoms with van der Waals surface area (Å²) < 4.78 is 0. The zero-order valence-electron chi connectivity index (χ0n) is 15.8. The highest BCUT2D eigenvalue weighted by molar-refractivity contribution is 6.32. The minimum atomic E-state index is -0.192. The number of nitrogens with zero attached hydrogens (tertiary/aromatic N) is 2. The van der Waals surface area contributed by atoms with Crippen LogP contribution in [0.2, 0.25) is 5.15 Å². The molecule has 0 atom stereocenters. The van der Waals surface area contributed by atoms with Gasteiger partial charge in [-0.05, 0) is 16.7 Å². The Morgan fingerprint density at radius 1 is 0.643 bits per heavy atom. The van der Waals surface area contributed by atoms with Gasteiger partial charge in [0.05, 0.1) is 11.4 Å². The Labute approximate surface area is 169 Å². The molecule has 0 bridgehead atoms. The fraction of sp³-hybridized carbons (Fsp3) is 0.120. The van der Waals surface area contributed by atoms with E-state index in [2.05, 4.69) is 68.4 Å². The van der Waals surface area contributed by atoms with Gasteiger partial charge in [0.2, 0.25) is 0 Å². The maximum Gasteiger partial charge on any atom is 0.156 e. The number of hydrogen-bond donors (Lipinski definition) is 0. The second-order valence-electron chi connectivity index (χ2n) is 7.67. The van der Waals surface area contributed by atoms with Crippen LogP contribution in [0.25, 0.3) is 33.6 Å². The lowest BCUT2D eigenvalue weighted by Crippen LogP contribution is -2.17. The number of fused-ring (bicyclic) bond motifs is 3. The van der Waals surface area contributed by atoms with Gasteiger partial charge in [-0.2, -0.15) is 0 Å². The molecule has 0 fully saturated rings. The maximum absolute atomic E-state index is 6.59. The van der Waals surface area contributed by atoms with Crippen molar-refractivity contribution in [2.45, 2.75) is 19.3 Å². The van der Waals surface area contributed by atoms with Gasteiger partial charge in [0.15, 0.2) is 5.15 Å². The van der Waals surface area contributed by atoms with Crippen molar-refractivity contribution in [3.8, 4) is 33.6 Å². The summed E-state index contributed by atoms with van der Waals surface area (Å²) in [6.07, 6.45) is 0. The predicted molar refractivity (Wildman–Crippen MR) is 115 cm³/mol. The first-order valence-corrected chi connectivity index (χ1v) is 9.77. The highest BCUT2D eigenvalue weighted by atomic mass is 35.5. The van der Waals surface area contributed by atoms with Gasteiger partial charge in [-0.1, -0.05) is 104 Å². The summed E-state index contributed by atoms with van der Waals surface area (Å²) >= 11 is 6.59. The number of rotatable bonds is 2. The van der Waals surface area contributed by atoms with Gasteiger partial charge in [0, 0.05) is 16.5 Å². The lowest BCUT2D eigenvalue weighted by atomic mass is 9.85. The first-order chi connectivity index (χ1) is 13.6. The van der Waals surface area contributed by atoms with Crippen molar-refractivity contribution in [1.29, 1.82) is 0 Å². The monoisotopic (exact) mass is 382 g/mol. The average Bonchev–Trinajstić information content (AvgIpc) is 2.95. The average molecular weight is 383 g/mol. The van der Waals surface area contributed by atoms with E-state index in [0.29, 0.717) is 5.15 Å². The molecule has 2 nitrogen and oxygen atoms in total. The molecule has 4 aromatic rings. The molecule has 0 aliphatic heterocycles. The highest BCUT2D eigenvalue weighted by Gasteiger charge is 2.38. The Bertz CT molecular complexity index is 1180. The van der Waals surface area contributed by atoms with Crippen molar-refractivity contribution in [3.63, 3.8) is 0 Å². The first kappa shape index (κ1) is 17.2. The molecule has 0 saturated carbocycles. The standard InChI is InChI=1S/C25H19ClN2/c1-25(2)20-11-7-6-10-19(20)22-23(25)27-21(24(26)28-22)18-14-12-17(13-15-18)16-8-4-3-5-9-16/h3-15H,1-2H3. The Balaban J connectivity index is 1.61. The molecule has 0 amide bonds. The van der Waals surface area contributed by atoms with Crippen LogP contribution in [0.1, 0.15) is 25.1 Å².